The van der Waals surface area contributed by atoms with Crippen LogP contribution in [0, 0.1) is 0 Å². The molecule has 0 radical (unpaired) electrons. The highest BCUT2D eigenvalue weighted by molar-refractivity contribution is 6.37. The predicted molar refractivity (Wildman–Crippen MR) is 138 cm³/mol. The van der Waals surface area contributed by atoms with Gasteiger partial charge in [-0.2, -0.15) is 0 Å². The molecule has 4 rings (SSSR count). The second-order valence-corrected chi connectivity index (χ2v) is 8.07. The largest absolute Gasteiger partial charge is 0.490 e. The number of carbonyl (C=O) groups is 2. The lowest BCUT2D eigenvalue weighted by Gasteiger charge is -2.16. The van der Waals surface area contributed by atoms with Gasteiger partial charge in [0.15, 0.2) is 11.5 Å². The average molecular weight is 472 g/mol. The van der Waals surface area contributed by atoms with Gasteiger partial charge in [-0.25, -0.2) is 0 Å². The van der Waals surface area contributed by atoms with Crippen LogP contribution in [0.4, 0.5) is 11.4 Å². The zero-order chi connectivity index (χ0) is 24.8. The molecule has 4 N–H and O–H groups in total. The third-order valence-corrected chi connectivity index (χ3v) is 5.62. The van der Waals surface area contributed by atoms with E-state index in [4.69, 9.17) is 15.2 Å². The first-order valence-electron chi connectivity index (χ1n) is 11.7. The molecular weight excluding hydrogens is 442 g/mol. The number of aryl methyl sites for hydroxylation is 1. The Balaban J connectivity index is 1.78. The van der Waals surface area contributed by atoms with Crippen molar-refractivity contribution in [2.24, 2.45) is 5.73 Å². The van der Waals surface area contributed by atoms with E-state index in [1.54, 1.807) is 0 Å². The van der Waals surface area contributed by atoms with Crippen molar-refractivity contribution in [1.82, 2.24) is 0 Å². The van der Waals surface area contributed by atoms with Crippen LogP contribution in [0.1, 0.15) is 37.0 Å². The number of amides is 2. The molecule has 180 valence electrons. The molecule has 35 heavy (non-hydrogen) atoms. The third kappa shape index (κ3) is 5.46. The number of benzene rings is 3. The number of rotatable bonds is 10. The molecule has 7 heteroatoms. The van der Waals surface area contributed by atoms with Gasteiger partial charge in [-0.15, -0.1) is 0 Å². The van der Waals surface area contributed by atoms with E-state index in [2.05, 4.69) is 10.6 Å². The first-order valence-corrected chi connectivity index (χ1v) is 11.7. The Hall–Kier alpha value is -4.26. The Bertz CT molecular complexity index is 1250. The Kier molecular flexibility index (Phi) is 7.35. The molecule has 0 bridgehead atoms. The topological polar surface area (TPSA) is 103 Å². The number of ether oxygens (including phenoxy) is 2. The van der Waals surface area contributed by atoms with Gasteiger partial charge < -0.3 is 25.8 Å². The van der Waals surface area contributed by atoms with Crippen molar-refractivity contribution in [2.45, 2.75) is 26.7 Å². The summed E-state index contributed by atoms with van der Waals surface area (Å²) in [6, 6.07) is 21.1. The zero-order valence-corrected chi connectivity index (χ0v) is 19.9. The first-order chi connectivity index (χ1) is 17.0. The van der Waals surface area contributed by atoms with Crippen molar-refractivity contribution in [1.29, 1.82) is 0 Å². The minimum absolute atomic E-state index is 0.208. The summed E-state index contributed by atoms with van der Waals surface area (Å²) in [5.74, 6) is 0.650. The second kappa shape index (κ2) is 10.8. The molecule has 0 fully saturated rings. The highest BCUT2D eigenvalue weighted by atomic mass is 16.5. The summed E-state index contributed by atoms with van der Waals surface area (Å²) < 4.78 is 11.6. The number of nitrogens with one attached hydrogen (secondary N) is 2. The number of hydrogen-bond acceptors (Lipinski definition) is 5. The maximum Gasteiger partial charge on any atom is 0.258 e. The zero-order valence-electron chi connectivity index (χ0n) is 19.9. The number of nitrogens with two attached hydrogens (primary N) is 1. The van der Waals surface area contributed by atoms with Crippen LogP contribution >= 0.6 is 0 Å². The van der Waals surface area contributed by atoms with Crippen LogP contribution in [0.25, 0.3) is 11.3 Å². The molecule has 0 saturated heterocycles. The molecule has 7 nitrogen and oxygen atoms in total. The van der Waals surface area contributed by atoms with Crippen LogP contribution in [0.3, 0.4) is 0 Å². The van der Waals surface area contributed by atoms with E-state index in [0.717, 1.165) is 22.4 Å². The van der Waals surface area contributed by atoms with Crippen molar-refractivity contribution >= 4 is 34.5 Å². The molecule has 1 aliphatic heterocycles. The van der Waals surface area contributed by atoms with E-state index in [-0.39, 0.29) is 11.8 Å². The van der Waals surface area contributed by atoms with Crippen LogP contribution in [-0.2, 0) is 16.0 Å². The second-order valence-electron chi connectivity index (χ2n) is 8.07. The summed E-state index contributed by atoms with van der Waals surface area (Å²) in [5, 5.41) is 6.42. The number of hydrogen-bond donors (Lipinski definition) is 3. The van der Waals surface area contributed by atoms with Crippen molar-refractivity contribution in [3.63, 3.8) is 0 Å². The fourth-order valence-corrected chi connectivity index (χ4v) is 4.01. The maximum atomic E-state index is 13.2. The van der Waals surface area contributed by atoms with Crippen molar-refractivity contribution in [2.75, 3.05) is 23.8 Å². The number of fused-ring (bicyclic) bond motifs is 1. The quantitative estimate of drug-likeness (QED) is 0.368. The maximum absolute atomic E-state index is 13.2. The smallest absolute Gasteiger partial charge is 0.258 e. The molecular formula is C28H29N3O4. The fraction of sp³-hybridized carbons (Fsp3) is 0.214. The Morgan fingerprint density at radius 1 is 0.943 bits per heavy atom. The summed E-state index contributed by atoms with van der Waals surface area (Å²) in [6.45, 7) is 4.78. The van der Waals surface area contributed by atoms with Gasteiger partial charge in [0.2, 0.25) is 5.91 Å². The molecule has 0 saturated carbocycles. The van der Waals surface area contributed by atoms with Gasteiger partial charge >= 0.3 is 0 Å². The molecule has 0 unspecified atom stereocenters. The molecule has 0 aliphatic carbocycles. The predicted octanol–water partition coefficient (Wildman–Crippen LogP) is 4.83. The lowest BCUT2D eigenvalue weighted by Crippen LogP contribution is -2.11. The van der Waals surface area contributed by atoms with Gasteiger partial charge in [0.25, 0.3) is 5.91 Å². The SMILES string of the molecule is CCOc1cc2c(cc1OCC)/C(=C(/Nc1ccc(CCC(N)=O)cc1)c1ccccc1)C(=O)N2. The summed E-state index contributed by atoms with van der Waals surface area (Å²) in [5.41, 5.74) is 10.6. The van der Waals surface area contributed by atoms with E-state index < -0.39 is 0 Å². The van der Waals surface area contributed by atoms with Gasteiger partial charge in [0.05, 0.1) is 30.2 Å². The number of carbonyl (C=O) groups excluding carboxylic acids is 2. The van der Waals surface area contributed by atoms with Crippen molar-refractivity contribution in [3.05, 3.63) is 83.4 Å². The van der Waals surface area contributed by atoms with E-state index in [1.807, 2.05) is 80.6 Å². The lowest BCUT2D eigenvalue weighted by molar-refractivity contribution is -0.118. The molecule has 2 amide bonds. The minimum atomic E-state index is -0.326. The van der Waals surface area contributed by atoms with E-state index in [0.29, 0.717) is 54.5 Å². The van der Waals surface area contributed by atoms with Gasteiger partial charge in [0.1, 0.15) is 0 Å². The van der Waals surface area contributed by atoms with Crippen LogP contribution < -0.4 is 25.8 Å². The van der Waals surface area contributed by atoms with Crippen LogP contribution in [0.15, 0.2) is 66.7 Å². The fourth-order valence-electron chi connectivity index (χ4n) is 4.01. The average Bonchev–Trinajstić information content (AvgIpc) is 3.17. The lowest BCUT2D eigenvalue weighted by atomic mass is 9.99. The van der Waals surface area contributed by atoms with Gasteiger partial charge in [0, 0.05) is 23.7 Å². The highest BCUT2D eigenvalue weighted by Crippen LogP contribution is 2.43. The summed E-state index contributed by atoms with van der Waals surface area (Å²) in [4.78, 5) is 24.3. The van der Waals surface area contributed by atoms with Gasteiger partial charge in [-0.3, -0.25) is 9.59 Å². The van der Waals surface area contributed by atoms with Crippen molar-refractivity contribution in [3.8, 4) is 11.5 Å². The van der Waals surface area contributed by atoms with Crippen molar-refractivity contribution < 1.29 is 19.1 Å². The summed E-state index contributed by atoms with van der Waals surface area (Å²) in [6.07, 6.45) is 0.884. The van der Waals surface area contributed by atoms with E-state index in [1.165, 1.54) is 0 Å². The monoisotopic (exact) mass is 471 g/mol. The van der Waals surface area contributed by atoms with Gasteiger partial charge in [-0.05, 0) is 49.6 Å². The third-order valence-electron chi connectivity index (χ3n) is 5.62. The van der Waals surface area contributed by atoms with E-state index in [9.17, 15) is 9.59 Å². The molecule has 1 aliphatic rings. The minimum Gasteiger partial charge on any atom is -0.490 e. The first kappa shape index (κ1) is 23.9. The van der Waals surface area contributed by atoms with Crippen LogP contribution in [-0.4, -0.2) is 25.0 Å². The van der Waals surface area contributed by atoms with E-state index >= 15 is 0 Å². The molecule has 0 aromatic heterocycles. The molecule has 3 aromatic carbocycles. The standard InChI is InChI=1S/C28H29N3O4/c1-3-34-23-16-21-22(17-24(23)35-4-2)31-28(33)26(21)27(19-8-6-5-7-9-19)30-20-13-10-18(11-14-20)12-15-25(29)32/h5-11,13-14,16-17,30H,3-4,12,15H2,1-2H3,(H2,29,32)(H,31,33)/b27-26-. The van der Waals surface area contributed by atoms with Crippen LogP contribution in [0.2, 0.25) is 0 Å². The Labute approximate surface area is 204 Å². The molecule has 1 heterocycles. The highest BCUT2D eigenvalue weighted by Gasteiger charge is 2.30. The molecule has 0 spiro atoms. The normalized spacial score (nSPS) is 13.6. The number of anilines is 2. The summed E-state index contributed by atoms with van der Waals surface area (Å²) >= 11 is 0. The number of primary amides is 1. The Morgan fingerprint density at radius 2 is 1.60 bits per heavy atom. The van der Waals surface area contributed by atoms with Gasteiger partial charge in [-0.1, -0.05) is 42.5 Å². The molecule has 3 aromatic rings. The summed E-state index contributed by atoms with van der Waals surface area (Å²) in [7, 11) is 0. The molecule has 0 atom stereocenters. The van der Waals surface area contributed by atoms with Crippen LogP contribution in [0.5, 0.6) is 11.5 Å². The Morgan fingerprint density at radius 3 is 2.23 bits per heavy atom.